The van der Waals surface area contributed by atoms with Gasteiger partial charge in [0, 0.05) is 6.42 Å². The van der Waals surface area contributed by atoms with E-state index in [-0.39, 0.29) is 12.2 Å². The molecule has 0 radical (unpaired) electrons. The van der Waals surface area contributed by atoms with Crippen LogP contribution in [0.1, 0.15) is 23.1 Å². The molecule has 0 spiro atoms. The molecule has 0 amide bonds. The Balaban J connectivity index is 2.04. The second kappa shape index (κ2) is 7.33. The molecule has 0 bridgehead atoms. The van der Waals surface area contributed by atoms with Crippen LogP contribution in [0.5, 0.6) is 0 Å². The number of hydrogen-bond donors (Lipinski definition) is 1. The number of primary sulfonamides is 1. The van der Waals surface area contributed by atoms with Crippen molar-refractivity contribution in [1.29, 1.82) is 0 Å². The lowest BCUT2D eigenvalue weighted by atomic mass is 9.96. The van der Waals surface area contributed by atoms with Crippen LogP contribution in [0.2, 0.25) is 0 Å². The van der Waals surface area contributed by atoms with Gasteiger partial charge in [-0.25, -0.2) is 13.6 Å². The van der Waals surface area contributed by atoms with Gasteiger partial charge in [-0.1, -0.05) is 54.6 Å². The lowest BCUT2D eigenvalue weighted by Gasteiger charge is -2.09. The van der Waals surface area contributed by atoms with E-state index >= 15 is 0 Å². The minimum Gasteiger partial charge on any atom is -0.299 e. The number of ketones is 1. The van der Waals surface area contributed by atoms with Crippen LogP contribution in [0.3, 0.4) is 0 Å². The highest BCUT2D eigenvalue weighted by atomic mass is 32.2. The van der Waals surface area contributed by atoms with E-state index in [1.807, 2.05) is 42.5 Å². The number of rotatable bonds is 7. The number of carbonyl (C=O) groups excluding carboxylic acids is 1. The largest absolute Gasteiger partial charge is 0.299 e. The third kappa shape index (κ3) is 5.42. The molecular formula is C17H19NO3S. The van der Waals surface area contributed by atoms with Crippen LogP contribution in [-0.4, -0.2) is 20.0 Å². The Morgan fingerprint density at radius 2 is 1.50 bits per heavy atom. The topological polar surface area (TPSA) is 77.2 Å². The molecule has 0 unspecified atom stereocenters. The molecule has 0 aliphatic carbocycles. The van der Waals surface area contributed by atoms with Gasteiger partial charge in [-0.3, -0.25) is 4.79 Å². The van der Waals surface area contributed by atoms with Gasteiger partial charge >= 0.3 is 0 Å². The average molecular weight is 317 g/mol. The Morgan fingerprint density at radius 1 is 0.909 bits per heavy atom. The Kier molecular flexibility index (Phi) is 5.46. The molecule has 0 atom stereocenters. The summed E-state index contributed by atoms with van der Waals surface area (Å²) in [6.07, 6.45) is 1.50. The maximum atomic E-state index is 11.6. The maximum Gasteiger partial charge on any atom is 0.216 e. The molecule has 0 aliphatic rings. The standard InChI is InChI=1S/C17H19NO3S/c18-22(20,21)13-17(19)11-10-15-8-4-5-9-16(15)12-14-6-2-1-3-7-14/h1-9H,10-13H2,(H2,18,20,21). The van der Waals surface area contributed by atoms with E-state index in [1.165, 1.54) is 5.56 Å². The lowest BCUT2D eigenvalue weighted by Crippen LogP contribution is -2.23. The molecule has 0 heterocycles. The van der Waals surface area contributed by atoms with E-state index < -0.39 is 15.8 Å². The number of hydrogen-bond acceptors (Lipinski definition) is 3. The van der Waals surface area contributed by atoms with Gasteiger partial charge in [-0.15, -0.1) is 0 Å². The van der Waals surface area contributed by atoms with Gasteiger partial charge in [0.2, 0.25) is 10.0 Å². The van der Waals surface area contributed by atoms with Crippen LogP contribution in [0.25, 0.3) is 0 Å². The molecule has 2 aromatic carbocycles. The number of carbonyl (C=O) groups is 1. The quantitative estimate of drug-likeness (QED) is 0.849. The van der Waals surface area contributed by atoms with Crippen LogP contribution in [0, 0.1) is 0 Å². The highest BCUT2D eigenvalue weighted by Gasteiger charge is 2.12. The van der Waals surface area contributed by atoms with Crippen molar-refractivity contribution < 1.29 is 13.2 Å². The molecule has 0 saturated carbocycles. The first kappa shape index (κ1) is 16.4. The van der Waals surface area contributed by atoms with Crippen molar-refractivity contribution in [3.8, 4) is 0 Å². The normalized spacial score (nSPS) is 11.3. The summed E-state index contributed by atoms with van der Waals surface area (Å²) in [5, 5.41) is 4.89. The smallest absolute Gasteiger partial charge is 0.216 e. The summed E-state index contributed by atoms with van der Waals surface area (Å²) < 4.78 is 21.8. The zero-order valence-electron chi connectivity index (χ0n) is 12.2. The summed E-state index contributed by atoms with van der Waals surface area (Å²) in [4.78, 5) is 11.6. The third-order valence-electron chi connectivity index (χ3n) is 3.39. The van der Waals surface area contributed by atoms with E-state index in [0.717, 1.165) is 17.5 Å². The fraction of sp³-hybridized carbons (Fsp3) is 0.235. The monoisotopic (exact) mass is 317 g/mol. The molecule has 0 aromatic heterocycles. The zero-order chi connectivity index (χ0) is 16.0. The zero-order valence-corrected chi connectivity index (χ0v) is 13.1. The second-order valence-corrected chi connectivity index (χ2v) is 6.89. The van der Waals surface area contributed by atoms with Crippen molar-refractivity contribution >= 4 is 15.8 Å². The fourth-order valence-corrected chi connectivity index (χ4v) is 2.95. The Bertz CT molecular complexity index is 740. The number of sulfonamides is 1. The van der Waals surface area contributed by atoms with Crippen molar-refractivity contribution in [3.05, 3.63) is 71.3 Å². The Morgan fingerprint density at radius 3 is 2.14 bits per heavy atom. The van der Waals surface area contributed by atoms with Crippen molar-refractivity contribution in [1.82, 2.24) is 0 Å². The summed E-state index contributed by atoms with van der Waals surface area (Å²) in [5.74, 6) is -0.939. The number of aryl methyl sites for hydroxylation is 1. The first-order valence-corrected chi connectivity index (χ1v) is 8.78. The van der Waals surface area contributed by atoms with Gasteiger partial charge < -0.3 is 0 Å². The highest BCUT2D eigenvalue weighted by Crippen LogP contribution is 2.16. The summed E-state index contributed by atoms with van der Waals surface area (Å²) >= 11 is 0. The average Bonchev–Trinajstić information content (AvgIpc) is 2.46. The maximum absolute atomic E-state index is 11.6. The number of Topliss-reactive ketones (excluding diaryl/α,β-unsaturated/α-hetero) is 1. The van der Waals surface area contributed by atoms with Gasteiger partial charge in [-0.05, 0) is 29.5 Å². The van der Waals surface area contributed by atoms with E-state index in [4.69, 9.17) is 5.14 Å². The summed E-state index contributed by atoms with van der Waals surface area (Å²) in [6, 6.07) is 18.0. The van der Waals surface area contributed by atoms with Crippen molar-refractivity contribution in [2.75, 3.05) is 5.75 Å². The number of benzene rings is 2. The summed E-state index contributed by atoms with van der Waals surface area (Å²) in [5.41, 5.74) is 3.41. The van der Waals surface area contributed by atoms with Gasteiger partial charge in [0.15, 0.2) is 0 Å². The molecular weight excluding hydrogens is 298 g/mol. The van der Waals surface area contributed by atoms with Crippen LogP contribution in [0.4, 0.5) is 0 Å². The molecule has 0 saturated heterocycles. The lowest BCUT2D eigenvalue weighted by molar-refractivity contribution is -0.116. The van der Waals surface area contributed by atoms with E-state index in [1.54, 1.807) is 0 Å². The van der Waals surface area contributed by atoms with Gasteiger partial charge in [0.1, 0.15) is 11.5 Å². The van der Waals surface area contributed by atoms with Gasteiger partial charge in [-0.2, -0.15) is 0 Å². The molecule has 5 heteroatoms. The van der Waals surface area contributed by atoms with Gasteiger partial charge in [0.05, 0.1) is 0 Å². The first-order valence-electron chi connectivity index (χ1n) is 7.07. The van der Waals surface area contributed by atoms with E-state index in [2.05, 4.69) is 12.1 Å². The molecule has 2 aromatic rings. The van der Waals surface area contributed by atoms with Crippen molar-refractivity contribution in [2.45, 2.75) is 19.3 Å². The Labute approximate surface area is 131 Å². The fourth-order valence-electron chi connectivity index (χ4n) is 2.36. The third-order valence-corrected chi connectivity index (χ3v) is 4.12. The van der Waals surface area contributed by atoms with Crippen LogP contribution < -0.4 is 5.14 Å². The molecule has 2 rings (SSSR count). The van der Waals surface area contributed by atoms with Gasteiger partial charge in [0.25, 0.3) is 0 Å². The molecule has 4 nitrogen and oxygen atoms in total. The minimum atomic E-state index is -3.74. The minimum absolute atomic E-state index is 0.183. The predicted octanol–water partition coefficient (Wildman–Crippen LogP) is 2.07. The predicted molar refractivity (Wildman–Crippen MR) is 87.0 cm³/mol. The molecule has 0 aliphatic heterocycles. The van der Waals surface area contributed by atoms with Crippen LogP contribution in [0.15, 0.2) is 54.6 Å². The van der Waals surface area contributed by atoms with Crippen molar-refractivity contribution in [3.63, 3.8) is 0 Å². The molecule has 116 valence electrons. The van der Waals surface area contributed by atoms with Crippen LogP contribution in [-0.2, 0) is 27.7 Å². The second-order valence-electron chi connectivity index (χ2n) is 5.28. The van der Waals surface area contributed by atoms with E-state index in [0.29, 0.717) is 6.42 Å². The molecule has 0 fully saturated rings. The SMILES string of the molecule is NS(=O)(=O)CC(=O)CCc1ccccc1Cc1ccccc1. The number of nitrogens with two attached hydrogens (primary N) is 1. The Hall–Kier alpha value is -1.98. The molecule has 2 N–H and O–H groups in total. The summed E-state index contributed by atoms with van der Waals surface area (Å²) in [6.45, 7) is 0. The first-order chi connectivity index (χ1) is 10.4. The highest BCUT2D eigenvalue weighted by molar-refractivity contribution is 7.89. The van der Waals surface area contributed by atoms with Crippen LogP contribution >= 0.6 is 0 Å². The molecule has 22 heavy (non-hydrogen) atoms. The van der Waals surface area contributed by atoms with Crippen molar-refractivity contribution in [2.24, 2.45) is 5.14 Å². The van der Waals surface area contributed by atoms with E-state index in [9.17, 15) is 13.2 Å². The summed E-state index contributed by atoms with van der Waals surface area (Å²) in [7, 11) is -3.74.